The predicted molar refractivity (Wildman–Crippen MR) is 92.0 cm³/mol. The molecule has 126 valence electrons. The summed E-state index contributed by atoms with van der Waals surface area (Å²) in [6.45, 7) is 2.16. The molecule has 0 aliphatic carbocycles. The van der Waals surface area contributed by atoms with Gasteiger partial charge in [0.1, 0.15) is 0 Å². The number of carbonyl (C=O) groups excluding carboxylic acids is 1. The fraction of sp³-hybridized carbons (Fsp3) is 0.944. The van der Waals surface area contributed by atoms with Crippen LogP contribution in [-0.2, 0) is 9.53 Å². The van der Waals surface area contributed by atoms with Crippen LogP contribution in [0.25, 0.3) is 0 Å². The molecule has 0 aromatic carbocycles. The molecule has 0 rings (SSSR count). The fourth-order valence-corrected chi connectivity index (χ4v) is 2.69. The Kier molecular flexibility index (Phi) is 16.0. The van der Waals surface area contributed by atoms with E-state index in [0.717, 1.165) is 19.3 Å². The first-order chi connectivity index (χ1) is 10.2. The van der Waals surface area contributed by atoms with Gasteiger partial charge in [-0.3, -0.25) is 4.79 Å². The van der Waals surface area contributed by atoms with Crippen molar-refractivity contribution in [2.45, 2.75) is 102 Å². The first kappa shape index (κ1) is 20.8. The van der Waals surface area contributed by atoms with Crippen LogP contribution in [0.4, 0.5) is 0 Å². The molecule has 0 aromatic rings. The summed E-state index contributed by atoms with van der Waals surface area (Å²) in [6.07, 6.45) is 17.0. The molecular weight excluding hydrogens is 284 g/mol. The Hall–Kier alpha value is -0.240. The normalized spacial score (nSPS) is 12.3. The van der Waals surface area contributed by atoms with Crippen molar-refractivity contribution < 1.29 is 9.53 Å². The molecule has 1 atom stereocenters. The summed E-state index contributed by atoms with van der Waals surface area (Å²) in [7, 11) is 1.46. The van der Waals surface area contributed by atoms with Gasteiger partial charge in [0.15, 0.2) is 0 Å². The average Bonchev–Trinajstić information content (AvgIpc) is 2.51. The Balaban J connectivity index is 3.04. The number of alkyl halides is 1. The molecule has 0 aliphatic heterocycles. The molecule has 3 heteroatoms. The summed E-state index contributed by atoms with van der Waals surface area (Å²) in [5, 5.41) is 0.393. The quantitative estimate of drug-likeness (QED) is 0.203. The standard InChI is InChI=1S/C18H35ClO2/c1-3-17(19)15-13-11-9-7-5-4-6-8-10-12-14-16-18(20)21-2/h17H,3-16H2,1-2H3. The highest BCUT2D eigenvalue weighted by molar-refractivity contribution is 6.20. The van der Waals surface area contributed by atoms with Crippen molar-refractivity contribution in [3.8, 4) is 0 Å². The molecule has 0 spiro atoms. The second kappa shape index (κ2) is 16.1. The number of esters is 1. The van der Waals surface area contributed by atoms with Crippen molar-refractivity contribution in [3.63, 3.8) is 0 Å². The van der Waals surface area contributed by atoms with Crippen LogP contribution in [0, 0.1) is 0 Å². The maximum atomic E-state index is 10.9. The number of hydrogen-bond donors (Lipinski definition) is 0. The Labute approximate surface area is 137 Å². The Morgan fingerprint density at radius 1 is 0.857 bits per heavy atom. The summed E-state index contributed by atoms with van der Waals surface area (Å²) in [4.78, 5) is 10.9. The zero-order valence-electron chi connectivity index (χ0n) is 14.2. The van der Waals surface area contributed by atoms with Gasteiger partial charge in [0.2, 0.25) is 0 Å². The SMILES string of the molecule is CCC(Cl)CCCCCCCCCCCCCC(=O)OC. The van der Waals surface area contributed by atoms with Gasteiger partial charge in [-0.05, 0) is 19.3 Å². The van der Waals surface area contributed by atoms with E-state index in [1.165, 1.54) is 71.3 Å². The summed E-state index contributed by atoms with van der Waals surface area (Å²) in [6, 6.07) is 0. The Morgan fingerprint density at radius 3 is 1.71 bits per heavy atom. The average molecular weight is 319 g/mol. The highest BCUT2D eigenvalue weighted by atomic mass is 35.5. The lowest BCUT2D eigenvalue weighted by atomic mass is 10.0. The largest absolute Gasteiger partial charge is 0.469 e. The summed E-state index contributed by atoms with van der Waals surface area (Å²) >= 11 is 6.10. The first-order valence-corrected chi connectivity index (χ1v) is 9.35. The number of carbonyl (C=O) groups is 1. The van der Waals surface area contributed by atoms with Crippen LogP contribution in [0.2, 0.25) is 0 Å². The lowest BCUT2D eigenvalue weighted by molar-refractivity contribution is -0.140. The van der Waals surface area contributed by atoms with Gasteiger partial charge in [-0.1, -0.05) is 71.1 Å². The minimum atomic E-state index is -0.0746. The van der Waals surface area contributed by atoms with Crippen LogP contribution in [0.1, 0.15) is 96.8 Å². The van der Waals surface area contributed by atoms with Crippen molar-refractivity contribution in [2.24, 2.45) is 0 Å². The summed E-state index contributed by atoms with van der Waals surface area (Å²) < 4.78 is 4.62. The second-order valence-corrected chi connectivity index (χ2v) is 6.63. The molecule has 0 bridgehead atoms. The van der Waals surface area contributed by atoms with Crippen LogP contribution in [0.3, 0.4) is 0 Å². The smallest absolute Gasteiger partial charge is 0.305 e. The van der Waals surface area contributed by atoms with E-state index in [1.54, 1.807) is 0 Å². The van der Waals surface area contributed by atoms with E-state index in [9.17, 15) is 4.79 Å². The zero-order valence-corrected chi connectivity index (χ0v) is 14.9. The summed E-state index contributed by atoms with van der Waals surface area (Å²) in [5.41, 5.74) is 0. The molecule has 0 N–H and O–H groups in total. The van der Waals surface area contributed by atoms with Crippen LogP contribution < -0.4 is 0 Å². The lowest BCUT2D eigenvalue weighted by Crippen LogP contribution is -1.99. The second-order valence-electron chi connectivity index (χ2n) is 6.01. The molecule has 0 aromatic heterocycles. The molecule has 2 nitrogen and oxygen atoms in total. The van der Waals surface area contributed by atoms with E-state index in [1.807, 2.05) is 0 Å². The van der Waals surface area contributed by atoms with E-state index in [2.05, 4.69) is 11.7 Å². The minimum absolute atomic E-state index is 0.0746. The van der Waals surface area contributed by atoms with Gasteiger partial charge in [-0.2, -0.15) is 0 Å². The van der Waals surface area contributed by atoms with Gasteiger partial charge >= 0.3 is 5.97 Å². The zero-order chi connectivity index (χ0) is 15.8. The number of unbranched alkanes of at least 4 members (excludes halogenated alkanes) is 10. The van der Waals surface area contributed by atoms with Gasteiger partial charge in [-0.15, -0.1) is 11.6 Å². The van der Waals surface area contributed by atoms with Gasteiger partial charge in [0, 0.05) is 11.8 Å². The molecule has 1 unspecified atom stereocenters. The van der Waals surface area contributed by atoms with Gasteiger partial charge in [-0.25, -0.2) is 0 Å². The lowest BCUT2D eigenvalue weighted by Gasteiger charge is -2.06. The number of ether oxygens (including phenoxy) is 1. The van der Waals surface area contributed by atoms with E-state index in [4.69, 9.17) is 11.6 Å². The molecule has 0 amide bonds. The van der Waals surface area contributed by atoms with Crippen LogP contribution in [0.15, 0.2) is 0 Å². The number of rotatable bonds is 15. The molecule has 0 fully saturated rings. The van der Waals surface area contributed by atoms with Crippen molar-refractivity contribution in [1.29, 1.82) is 0 Å². The Bertz CT molecular complexity index is 231. The molecule has 21 heavy (non-hydrogen) atoms. The number of hydrogen-bond acceptors (Lipinski definition) is 2. The number of methoxy groups -OCH3 is 1. The summed E-state index contributed by atoms with van der Waals surface area (Å²) in [5.74, 6) is -0.0746. The highest BCUT2D eigenvalue weighted by Gasteiger charge is 2.00. The van der Waals surface area contributed by atoms with Crippen LogP contribution in [0.5, 0.6) is 0 Å². The van der Waals surface area contributed by atoms with E-state index in [-0.39, 0.29) is 5.97 Å². The number of halogens is 1. The monoisotopic (exact) mass is 318 g/mol. The highest BCUT2D eigenvalue weighted by Crippen LogP contribution is 2.15. The molecule has 0 aliphatic rings. The van der Waals surface area contributed by atoms with Gasteiger partial charge in [0.05, 0.1) is 7.11 Å². The van der Waals surface area contributed by atoms with Crippen LogP contribution >= 0.6 is 11.6 Å². The molecule has 0 heterocycles. The van der Waals surface area contributed by atoms with Crippen LogP contribution in [-0.4, -0.2) is 18.5 Å². The van der Waals surface area contributed by atoms with Gasteiger partial charge in [0.25, 0.3) is 0 Å². The predicted octanol–water partition coefficient (Wildman–Crippen LogP) is 6.25. The van der Waals surface area contributed by atoms with E-state index >= 15 is 0 Å². The molecule has 0 saturated carbocycles. The van der Waals surface area contributed by atoms with Gasteiger partial charge < -0.3 is 4.74 Å². The third-order valence-corrected chi connectivity index (χ3v) is 4.60. The maximum Gasteiger partial charge on any atom is 0.305 e. The molecule has 0 radical (unpaired) electrons. The van der Waals surface area contributed by atoms with Crippen molar-refractivity contribution in [2.75, 3.05) is 7.11 Å². The Morgan fingerprint density at radius 2 is 1.29 bits per heavy atom. The molecule has 0 saturated heterocycles. The van der Waals surface area contributed by atoms with Crippen molar-refractivity contribution in [3.05, 3.63) is 0 Å². The minimum Gasteiger partial charge on any atom is -0.469 e. The fourth-order valence-electron chi connectivity index (χ4n) is 2.53. The van der Waals surface area contributed by atoms with E-state index < -0.39 is 0 Å². The third-order valence-electron chi connectivity index (χ3n) is 4.07. The third kappa shape index (κ3) is 16.0. The maximum absolute atomic E-state index is 10.9. The topological polar surface area (TPSA) is 26.3 Å². The molecular formula is C18H35ClO2. The van der Waals surface area contributed by atoms with Crippen molar-refractivity contribution >= 4 is 17.6 Å². The van der Waals surface area contributed by atoms with E-state index in [0.29, 0.717) is 11.8 Å². The van der Waals surface area contributed by atoms with Crippen molar-refractivity contribution in [1.82, 2.24) is 0 Å². The first-order valence-electron chi connectivity index (χ1n) is 8.91.